The van der Waals surface area contributed by atoms with Crippen LogP contribution in [-0.2, 0) is 10.3 Å². The fraction of sp³-hybridized carbons (Fsp3) is 0.250. The monoisotopic (exact) mass is 344 g/mol. The van der Waals surface area contributed by atoms with Crippen molar-refractivity contribution >= 4 is 0 Å². The van der Waals surface area contributed by atoms with Crippen molar-refractivity contribution in [1.29, 1.82) is 0 Å². The Hall–Kier alpha value is -2.58. The molecule has 0 aromatic heterocycles. The molecular formula is C24H24O2. The zero-order valence-electron chi connectivity index (χ0n) is 15.5. The Labute approximate surface area is 155 Å². The molecule has 4 rings (SSSR count). The van der Waals surface area contributed by atoms with E-state index in [1.165, 1.54) is 0 Å². The minimum atomic E-state index is -0.699. The van der Waals surface area contributed by atoms with E-state index in [-0.39, 0.29) is 11.7 Å². The van der Waals surface area contributed by atoms with E-state index in [2.05, 4.69) is 75.4 Å². The molecule has 1 unspecified atom stereocenters. The van der Waals surface area contributed by atoms with Crippen molar-refractivity contribution in [2.45, 2.75) is 32.7 Å². The van der Waals surface area contributed by atoms with Gasteiger partial charge in [0.25, 0.3) is 0 Å². The number of rotatable bonds is 2. The highest BCUT2D eigenvalue weighted by atomic mass is 16.7. The van der Waals surface area contributed by atoms with Gasteiger partial charge in [0.1, 0.15) is 5.75 Å². The van der Waals surface area contributed by atoms with Crippen LogP contribution < -0.4 is 4.74 Å². The molecule has 0 aliphatic carbocycles. The van der Waals surface area contributed by atoms with Crippen LogP contribution in [0.1, 0.15) is 37.5 Å². The smallest absolute Gasteiger partial charge is 0.206 e. The molecule has 0 bridgehead atoms. The molecule has 2 heteroatoms. The molecule has 0 radical (unpaired) electrons. The average Bonchev–Trinajstić information content (AvgIpc) is 2.68. The van der Waals surface area contributed by atoms with Crippen LogP contribution >= 0.6 is 0 Å². The maximum atomic E-state index is 6.81. The van der Waals surface area contributed by atoms with Crippen LogP contribution in [0.3, 0.4) is 0 Å². The van der Waals surface area contributed by atoms with Gasteiger partial charge in [-0.3, -0.25) is 0 Å². The summed E-state index contributed by atoms with van der Waals surface area (Å²) in [6.45, 7) is 6.44. The number of fused-ring (bicyclic) bond motifs is 1. The molecule has 1 heterocycles. The minimum absolute atomic E-state index is 0.164. The van der Waals surface area contributed by atoms with Crippen molar-refractivity contribution in [2.24, 2.45) is 5.41 Å². The highest BCUT2D eigenvalue weighted by molar-refractivity contribution is 5.53. The molecule has 0 saturated heterocycles. The second-order valence-corrected chi connectivity index (χ2v) is 7.84. The molecule has 0 spiro atoms. The molecule has 1 atom stereocenters. The van der Waals surface area contributed by atoms with E-state index in [1.807, 2.05) is 30.3 Å². The van der Waals surface area contributed by atoms with Crippen molar-refractivity contribution in [1.82, 2.24) is 0 Å². The van der Waals surface area contributed by atoms with E-state index in [1.54, 1.807) is 0 Å². The van der Waals surface area contributed by atoms with Crippen molar-refractivity contribution in [2.75, 3.05) is 0 Å². The zero-order valence-corrected chi connectivity index (χ0v) is 15.5. The quantitative estimate of drug-likeness (QED) is 0.588. The van der Waals surface area contributed by atoms with Gasteiger partial charge in [0, 0.05) is 11.0 Å². The summed E-state index contributed by atoms with van der Waals surface area (Å²) < 4.78 is 13.1. The van der Waals surface area contributed by atoms with Gasteiger partial charge >= 0.3 is 0 Å². The number of para-hydroxylation sites is 1. The Balaban J connectivity index is 2.03. The second kappa shape index (κ2) is 6.30. The van der Waals surface area contributed by atoms with Crippen LogP contribution in [0.2, 0.25) is 0 Å². The van der Waals surface area contributed by atoms with E-state index in [0.717, 1.165) is 22.4 Å². The highest BCUT2D eigenvalue weighted by Crippen LogP contribution is 2.50. The molecular weight excluding hydrogens is 320 g/mol. The van der Waals surface area contributed by atoms with E-state index in [0.29, 0.717) is 0 Å². The molecule has 1 aliphatic heterocycles. The number of benzene rings is 3. The first kappa shape index (κ1) is 16.9. The third-order valence-electron chi connectivity index (χ3n) is 4.85. The Kier molecular flexibility index (Phi) is 4.08. The van der Waals surface area contributed by atoms with Gasteiger partial charge in [-0.2, -0.15) is 0 Å². The molecule has 0 amide bonds. The standard InChI is InChI=1S/C24H24O2/c1-23(2,3)22-25-21-17-11-10-16-20(21)24(26-22,18-12-6-4-7-13-18)19-14-8-5-9-15-19/h4-17,22H,1-3H3. The summed E-state index contributed by atoms with van der Waals surface area (Å²) in [6, 6.07) is 29.1. The van der Waals surface area contributed by atoms with E-state index >= 15 is 0 Å². The summed E-state index contributed by atoms with van der Waals surface area (Å²) >= 11 is 0. The van der Waals surface area contributed by atoms with Gasteiger partial charge in [-0.05, 0) is 17.2 Å². The molecule has 0 saturated carbocycles. The lowest BCUT2D eigenvalue weighted by atomic mass is 9.78. The Morgan fingerprint density at radius 2 is 1.19 bits per heavy atom. The average molecular weight is 344 g/mol. The molecule has 26 heavy (non-hydrogen) atoms. The summed E-state index contributed by atoms with van der Waals surface area (Å²) in [5.74, 6) is 0.881. The van der Waals surface area contributed by atoms with Gasteiger partial charge in [0.15, 0.2) is 5.60 Å². The van der Waals surface area contributed by atoms with E-state index in [4.69, 9.17) is 9.47 Å². The summed E-state index contributed by atoms with van der Waals surface area (Å²) in [7, 11) is 0. The number of hydrogen-bond donors (Lipinski definition) is 0. The van der Waals surface area contributed by atoms with Gasteiger partial charge in [0.2, 0.25) is 6.29 Å². The summed E-state index contributed by atoms with van der Waals surface area (Å²) in [4.78, 5) is 0. The molecule has 1 aliphatic rings. The maximum Gasteiger partial charge on any atom is 0.206 e. The van der Waals surface area contributed by atoms with Crippen LogP contribution in [-0.4, -0.2) is 6.29 Å². The first-order valence-electron chi connectivity index (χ1n) is 9.07. The van der Waals surface area contributed by atoms with E-state index in [9.17, 15) is 0 Å². The van der Waals surface area contributed by atoms with E-state index < -0.39 is 5.60 Å². The van der Waals surface area contributed by atoms with Gasteiger partial charge in [-0.25, -0.2) is 0 Å². The lowest BCUT2D eigenvalue weighted by Gasteiger charge is -2.46. The maximum absolute atomic E-state index is 6.81. The normalized spacial score (nSPS) is 18.7. The van der Waals surface area contributed by atoms with Crippen LogP contribution in [0.25, 0.3) is 0 Å². The SMILES string of the molecule is CC(C)(C)C1Oc2ccccc2C(c2ccccc2)(c2ccccc2)O1. The lowest BCUT2D eigenvalue weighted by Crippen LogP contribution is -2.48. The molecule has 3 aromatic carbocycles. The molecule has 0 fully saturated rings. The fourth-order valence-corrected chi connectivity index (χ4v) is 3.54. The fourth-order valence-electron chi connectivity index (χ4n) is 3.54. The van der Waals surface area contributed by atoms with Crippen LogP contribution in [0, 0.1) is 5.41 Å². The van der Waals surface area contributed by atoms with Crippen LogP contribution in [0.5, 0.6) is 5.75 Å². The zero-order chi connectivity index (χ0) is 18.2. The van der Waals surface area contributed by atoms with Crippen molar-refractivity contribution in [3.63, 3.8) is 0 Å². The highest BCUT2D eigenvalue weighted by Gasteiger charge is 2.48. The molecule has 2 nitrogen and oxygen atoms in total. The van der Waals surface area contributed by atoms with Crippen LogP contribution in [0.15, 0.2) is 84.9 Å². The van der Waals surface area contributed by atoms with Gasteiger partial charge in [-0.15, -0.1) is 0 Å². The van der Waals surface area contributed by atoms with Crippen molar-refractivity contribution in [3.05, 3.63) is 102 Å². The Bertz CT molecular complexity index is 839. The van der Waals surface area contributed by atoms with Crippen molar-refractivity contribution < 1.29 is 9.47 Å². The Morgan fingerprint density at radius 3 is 1.73 bits per heavy atom. The summed E-state index contributed by atoms with van der Waals surface area (Å²) in [6.07, 6.45) is -0.363. The predicted octanol–water partition coefficient (Wildman–Crippen LogP) is 5.76. The first-order chi connectivity index (χ1) is 12.5. The van der Waals surface area contributed by atoms with Gasteiger partial charge in [0.05, 0.1) is 0 Å². The van der Waals surface area contributed by atoms with Crippen LogP contribution in [0.4, 0.5) is 0 Å². The molecule has 0 N–H and O–H groups in total. The number of hydrogen-bond acceptors (Lipinski definition) is 2. The predicted molar refractivity (Wildman–Crippen MR) is 104 cm³/mol. The number of ether oxygens (including phenoxy) is 2. The third-order valence-corrected chi connectivity index (χ3v) is 4.85. The lowest BCUT2D eigenvalue weighted by molar-refractivity contribution is -0.208. The topological polar surface area (TPSA) is 18.5 Å². The molecule has 3 aromatic rings. The minimum Gasteiger partial charge on any atom is -0.464 e. The molecule has 132 valence electrons. The second-order valence-electron chi connectivity index (χ2n) is 7.84. The largest absolute Gasteiger partial charge is 0.464 e. The summed E-state index contributed by atoms with van der Waals surface area (Å²) in [5.41, 5.74) is 2.39. The summed E-state index contributed by atoms with van der Waals surface area (Å²) in [5, 5.41) is 0. The first-order valence-corrected chi connectivity index (χ1v) is 9.07. The van der Waals surface area contributed by atoms with Crippen molar-refractivity contribution in [3.8, 4) is 5.75 Å². The van der Waals surface area contributed by atoms with Gasteiger partial charge in [-0.1, -0.05) is 99.6 Å². The third kappa shape index (κ3) is 2.71. The van der Waals surface area contributed by atoms with Gasteiger partial charge < -0.3 is 9.47 Å². The Morgan fingerprint density at radius 1 is 0.692 bits per heavy atom.